The van der Waals surface area contributed by atoms with Crippen LogP contribution in [0.4, 0.5) is 0 Å². The molecule has 0 aromatic heterocycles. The summed E-state index contributed by atoms with van der Waals surface area (Å²) < 4.78 is 6.03. The lowest BCUT2D eigenvalue weighted by Gasteiger charge is -2.37. The Balaban J connectivity index is 1.27. The topological polar surface area (TPSA) is 27.7 Å². The Hall–Kier alpha value is -1.00. The first-order valence-electron chi connectivity index (χ1n) is 9.56. The van der Waals surface area contributed by atoms with Crippen molar-refractivity contribution in [1.82, 2.24) is 15.1 Å². The average molecular weight is 316 g/mol. The zero-order valence-electron chi connectivity index (χ0n) is 14.2. The van der Waals surface area contributed by atoms with Gasteiger partial charge >= 0.3 is 0 Å². The van der Waals surface area contributed by atoms with E-state index < -0.39 is 0 Å². The Kier molecular flexibility index (Phi) is 4.90. The van der Waals surface area contributed by atoms with Gasteiger partial charge in [0.2, 0.25) is 0 Å². The highest BCUT2D eigenvalue weighted by molar-refractivity contribution is 5.13. The summed E-state index contributed by atoms with van der Waals surface area (Å²) >= 11 is 0. The molecule has 0 bridgehead atoms. The third-order valence-electron chi connectivity index (χ3n) is 5.94. The molecule has 0 amide bonds. The van der Waals surface area contributed by atoms with E-state index in [0.717, 1.165) is 37.5 Å². The SMILES string of the molecule is [C]1=C(N2CCCN(C3CCC3)CC2)NC(OCC2CCC2)C=C1. The maximum atomic E-state index is 6.03. The van der Waals surface area contributed by atoms with E-state index in [-0.39, 0.29) is 6.23 Å². The van der Waals surface area contributed by atoms with Crippen LogP contribution in [0, 0.1) is 12.0 Å². The van der Waals surface area contributed by atoms with Crippen LogP contribution in [0.3, 0.4) is 0 Å². The number of ether oxygens (including phenoxy) is 1. The minimum Gasteiger partial charge on any atom is -0.357 e. The van der Waals surface area contributed by atoms with E-state index in [9.17, 15) is 0 Å². The van der Waals surface area contributed by atoms with Gasteiger partial charge in [0.15, 0.2) is 0 Å². The number of allylic oxidation sites excluding steroid dienone is 2. The molecule has 4 nitrogen and oxygen atoms in total. The second kappa shape index (κ2) is 7.27. The average Bonchev–Trinajstić information content (AvgIpc) is 2.70. The lowest BCUT2D eigenvalue weighted by atomic mass is 9.86. The fourth-order valence-corrected chi connectivity index (χ4v) is 3.90. The highest BCUT2D eigenvalue weighted by atomic mass is 16.5. The van der Waals surface area contributed by atoms with Crippen LogP contribution in [0.1, 0.15) is 44.9 Å². The molecule has 0 aromatic carbocycles. The molecule has 1 radical (unpaired) electrons. The zero-order valence-corrected chi connectivity index (χ0v) is 14.2. The van der Waals surface area contributed by atoms with Crippen LogP contribution in [0.2, 0.25) is 0 Å². The van der Waals surface area contributed by atoms with Gasteiger partial charge in [-0.2, -0.15) is 0 Å². The maximum absolute atomic E-state index is 6.03. The minimum absolute atomic E-state index is 0.0258. The van der Waals surface area contributed by atoms with Crippen LogP contribution in [0.15, 0.2) is 18.0 Å². The first-order chi connectivity index (χ1) is 11.4. The standard InChI is InChI=1S/C19H30N3O/c1-5-16(6-1)15-23-19-10-3-9-18(20-19)22-12-4-11-21(13-14-22)17-7-2-8-17/h3,10,16-17,19-20H,1-2,4-8,11-15H2. The largest absolute Gasteiger partial charge is 0.357 e. The molecule has 2 heterocycles. The Morgan fingerprint density at radius 3 is 2.65 bits per heavy atom. The van der Waals surface area contributed by atoms with Gasteiger partial charge < -0.3 is 15.0 Å². The summed E-state index contributed by atoms with van der Waals surface area (Å²) in [6, 6.07) is 0.866. The van der Waals surface area contributed by atoms with Crippen LogP contribution in [0.25, 0.3) is 0 Å². The minimum atomic E-state index is 0.0258. The molecule has 2 aliphatic heterocycles. The first-order valence-corrected chi connectivity index (χ1v) is 9.56. The third-order valence-corrected chi connectivity index (χ3v) is 5.94. The molecular weight excluding hydrogens is 286 g/mol. The van der Waals surface area contributed by atoms with Gasteiger partial charge in [-0.25, -0.2) is 0 Å². The Morgan fingerprint density at radius 2 is 1.91 bits per heavy atom. The second-order valence-corrected chi connectivity index (χ2v) is 7.51. The van der Waals surface area contributed by atoms with Crippen molar-refractivity contribution in [2.45, 2.75) is 57.2 Å². The number of hydrogen-bond donors (Lipinski definition) is 1. The number of rotatable bonds is 5. The quantitative estimate of drug-likeness (QED) is 0.843. The normalized spacial score (nSPS) is 30.2. The summed E-state index contributed by atoms with van der Waals surface area (Å²) in [6.45, 7) is 5.57. The molecule has 1 atom stereocenters. The maximum Gasteiger partial charge on any atom is 0.148 e. The fraction of sp³-hybridized carbons (Fsp3) is 0.789. The first kappa shape index (κ1) is 15.5. The molecule has 4 heteroatoms. The molecular formula is C19H30N3O. The predicted molar refractivity (Wildman–Crippen MR) is 91.5 cm³/mol. The highest BCUT2D eigenvalue weighted by Gasteiger charge is 2.27. The molecule has 2 saturated carbocycles. The molecule has 4 rings (SSSR count). The van der Waals surface area contributed by atoms with Crippen molar-refractivity contribution in [3.63, 3.8) is 0 Å². The summed E-state index contributed by atoms with van der Waals surface area (Å²) in [5.41, 5.74) is 0. The van der Waals surface area contributed by atoms with Crippen LogP contribution in [0.5, 0.6) is 0 Å². The third kappa shape index (κ3) is 3.74. The smallest absolute Gasteiger partial charge is 0.148 e. The molecule has 0 spiro atoms. The van der Waals surface area contributed by atoms with Crippen molar-refractivity contribution in [1.29, 1.82) is 0 Å². The van der Waals surface area contributed by atoms with Gasteiger partial charge in [-0.05, 0) is 44.1 Å². The van der Waals surface area contributed by atoms with E-state index in [2.05, 4.69) is 27.3 Å². The van der Waals surface area contributed by atoms with Gasteiger partial charge in [0, 0.05) is 38.3 Å². The summed E-state index contributed by atoms with van der Waals surface area (Å²) in [7, 11) is 0. The van der Waals surface area contributed by atoms with E-state index in [4.69, 9.17) is 4.74 Å². The molecule has 1 N–H and O–H groups in total. The number of dihydropyridines is 1. The lowest BCUT2D eigenvalue weighted by molar-refractivity contribution is 0.0175. The molecule has 0 aromatic rings. The lowest BCUT2D eigenvalue weighted by Crippen LogP contribution is -2.44. The van der Waals surface area contributed by atoms with Crippen molar-refractivity contribution in [3.05, 3.63) is 24.0 Å². The fourth-order valence-electron chi connectivity index (χ4n) is 3.90. The van der Waals surface area contributed by atoms with E-state index in [0.29, 0.717) is 0 Å². The molecule has 4 aliphatic rings. The Bertz CT molecular complexity index is 454. The molecule has 3 fully saturated rings. The van der Waals surface area contributed by atoms with Gasteiger partial charge in [-0.15, -0.1) is 0 Å². The summed E-state index contributed by atoms with van der Waals surface area (Å²) in [6.07, 6.45) is 17.1. The zero-order chi connectivity index (χ0) is 15.5. The number of nitrogens with one attached hydrogen (secondary N) is 1. The number of hydrogen-bond acceptors (Lipinski definition) is 4. The van der Waals surface area contributed by atoms with Crippen LogP contribution < -0.4 is 5.32 Å². The molecule has 1 unspecified atom stereocenters. The number of nitrogens with zero attached hydrogens (tertiary/aromatic N) is 2. The van der Waals surface area contributed by atoms with Crippen LogP contribution in [-0.4, -0.2) is 54.9 Å². The van der Waals surface area contributed by atoms with Crippen molar-refractivity contribution in [2.24, 2.45) is 5.92 Å². The van der Waals surface area contributed by atoms with E-state index in [1.165, 1.54) is 58.0 Å². The van der Waals surface area contributed by atoms with Gasteiger partial charge in [0.25, 0.3) is 0 Å². The van der Waals surface area contributed by atoms with Gasteiger partial charge in [-0.3, -0.25) is 4.90 Å². The Morgan fingerprint density at radius 1 is 1.04 bits per heavy atom. The van der Waals surface area contributed by atoms with Crippen molar-refractivity contribution in [3.8, 4) is 0 Å². The van der Waals surface area contributed by atoms with E-state index in [1.807, 2.05) is 6.08 Å². The summed E-state index contributed by atoms with van der Waals surface area (Å²) in [4.78, 5) is 5.16. The van der Waals surface area contributed by atoms with E-state index in [1.54, 1.807) is 0 Å². The summed E-state index contributed by atoms with van der Waals surface area (Å²) in [5, 5.41) is 3.53. The summed E-state index contributed by atoms with van der Waals surface area (Å²) in [5.74, 6) is 1.92. The van der Waals surface area contributed by atoms with Crippen molar-refractivity contribution >= 4 is 0 Å². The highest BCUT2D eigenvalue weighted by Crippen LogP contribution is 2.27. The molecule has 2 aliphatic carbocycles. The monoisotopic (exact) mass is 316 g/mol. The predicted octanol–water partition coefficient (Wildman–Crippen LogP) is 2.49. The molecule has 127 valence electrons. The van der Waals surface area contributed by atoms with Crippen LogP contribution >= 0.6 is 0 Å². The van der Waals surface area contributed by atoms with Crippen molar-refractivity contribution < 1.29 is 4.74 Å². The van der Waals surface area contributed by atoms with Crippen molar-refractivity contribution in [2.75, 3.05) is 32.8 Å². The van der Waals surface area contributed by atoms with Gasteiger partial charge in [-0.1, -0.05) is 18.9 Å². The second-order valence-electron chi connectivity index (χ2n) is 7.51. The molecule has 1 saturated heterocycles. The van der Waals surface area contributed by atoms with Gasteiger partial charge in [0.05, 0.1) is 6.61 Å². The Labute approximate surface area is 140 Å². The van der Waals surface area contributed by atoms with Crippen LogP contribution in [-0.2, 0) is 4.74 Å². The molecule has 23 heavy (non-hydrogen) atoms. The van der Waals surface area contributed by atoms with Gasteiger partial charge in [0.1, 0.15) is 12.0 Å². The van der Waals surface area contributed by atoms with E-state index >= 15 is 0 Å².